The number of hydrogen-bond acceptors (Lipinski definition) is 3. The summed E-state index contributed by atoms with van der Waals surface area (Å²) in [5.74, 6) is 0. The largest absolute Gasteiger partial charge is 0.311 e. The Balaban J connectivity index is 0.942. The Bertz CT molecular complexity index is 2640. The van der Waals surface area contributed by atoms with Crippen molar-refractivity contribution in [3.05, 3.63) is 212 Å². The summed E-state index contributed by atoms with van der Waals surface area (Å²) in [4.78, 5) is 4.94. The van der Waals surface area contributed by atoms with Crippen LogP contribution < -0.4 is 4.90 Å². The lowest BCUT2D eigenvalue weighted by molar-refractivity contribution is 1.28. The van der Waals surface area contributed by atoms with Gasteiger partial charge in [-0.05, 0) is 116 Å². The zero-order valence-corrected chi connectivity index (χ0v) is 31.6. The summed E-state index contributed by atoms with van der Waals surface area (Å²) in [5.41, 5.74) is 13.1. The Morgan fingerprint density at radius 2 is 0.545 bits per heavy atom. The molecule has 260 valence electrons. The molecule has 0 saturated carbocycles. The van der Waals surface area contributed by atoms with E-state index in [4.69, 9.17) is 0 Å². The minimum atomic E-state index is 1.11. The second-order valence-electron chi connectivity index (χ2n) is 13.8. The predicted octanol–water partition coefficient (Wildman–Crippen LogP) is 15.9. The van der Waals surface area contributed by atoms with Crippen LogP contribution in [-0.4, -0.2) is 0 Å². The van der Waals surface area contributed by atoms with Gasteiger partial charge in [-0.15, -0.1) is 22.7 Å². The van der Waals surface area contributed by atoms with Gasteiger partial charge in [-0.2, -0.15) is 0 Å². The van der Waals surface area contributed by atoms with Gasteiger partial charge in [-0.1, -0.05) is 152 Å². The highest BCUT2D eigenvalue weighted by Crippen LogP contribution is 2.40. The molecule has 0 N–H and O–H groups in total. The second-order valence-corrected chi connectivity index (χ2v) is 16.0. The molecule has 1 nitrogen and oxygen atoms in total. The third-order valence-corrected chi connectivity index (χ3v) is 12.7. The molecule has 10 aromatic rings. The molecule has 55 heavy (non-hydrogen) atoms. The quantitative estimate of drug-likeness (QED) is 0.150. The van der Waals surface area contributed by atoms with Crippen molar-refractivity contribution >= 4 is 59.9 Å². The van der Waals surface area contributed by atoms with Crippen LogP contribution >= 0.6 is 22.7 Å². The van der Waals surface area contributed by atoms with Crippen molar-refractivity contribution in [2.24, 2.45) is 0 Å². The molecule has 0 bridgehead atoms. The zero-order valence-electron chi connectivity index (χ0n) is 30.0. The van der Waals surface area contributed by atoms with E-state index in [1.54, 1.807) is 0 Å². The fraction of sp³-hybridized carbons (Fsp3) is 0. The van der Waals surface area contributed by atoms with E-state index >= 15 is 0 Å². The SMILES string of the molecule is c1ccc(-c2ccc(N(c3ccc(-c4ccc(-c5cc6ccccc6s5)cc4)cc3)c3ccc(-c4ccc(-c5cc6ccccc6s5)cc4)cc3)cc2)cc1. The molecule has 0 radical (unpaired) electrons. The first-order valence-corrected chi connectivity index (χ1v) is 20.2. The molecular weight excluding hydrogens is 703 g/mol. The van der Waals surface area contributed by atoms with E-state index in [9.17, 15) is 0 Å². The number of anilines is 3. The molecule has 2 aromatic heterocycles. The maximum atomic E-state index is 2.34. The molecule has 3 heteroatoms. The Kier molecular flexibility index (Phi) is 8.64. The number of rotatable bonds is 8. The van der Waals surface area contributed by atoms with Crippen LogP contribution in [0.3, 0.4) is 0 Å². The van der Waals surface area contributed by atoms with E-state index in [2.05, 4.69) is 217 Å². The fourth-order valence-electron chi connectivity index (χ4n) is 7.39. The molecule has 8 aromatic carbocycles. The van der Waals surface area contributed by atoms with E-state index in [1.165, 1.54) is 74.4 Å². The van der Waals surface area contributed by atoms with Gasteiger partial charge in [-0.25, -0.2) is 0 Å². The topological polar surface area (TPSA) is 3.24 Å². The van der Waals surface area contributed by atoms with E-state index in [0.717, 1.165) is 17.1 Å². The average Bonchev–Trinajstić information content (AvgIpc) is 3.91. The molecule has 0 saturated heterocycles. The zero-order chi connectivity index (χ0) is 36.6. The number of thiophene rings is 2. The second kappa shape index (κ2) is 14.4. The standard InChI is InChI=1S/C52H35NS2/c1-2-8-36(9-3-1)39-22-28-46(29-23-39)53(47-30-24-40(25-31-47)37-14-18-42(19-15-37)51-34-44-10-4-6-12-49(44)54-51)48-32-26-41(27-33-48)38-16-20-43(21-17-38)52-35-45-11-5-7-13-50(45)55-52/h1-35H. The molecule has 0 fully saturated rings. The molecular formula is C52H35NS2. The van der Waals surface area contributed by atoms with Crippen molar-refractivity contribution in [3.63, 3.8) is 0 Å². The van der Waals surface area contributed by atoms with Crippen molar-refractivity contribution in [2.75, 3.05) is 4.90 Å². The van der Waals surface area contributed by atoms with Gasteiger partial charge in [0.2, 0.25) is 0 Å². The lowest BCUT2D eigenvalue weighted by atomic mass is 10.0. The van der Waals surface area contributed by atoms with Crippen LogP contribution in [0.1, 0.15) is 0 Å². The first kappa shape index (κ1) is 33.1. The number of hydrogen-bond donors (Lipinski definition) is 0. The van der Waals surface area contributed by atoms with E-state index in [-0.39, 0.29) is 0 Å². The van der Waals surface area contributed by atoms with Gasteiger partial charge in [0.05, 0.1) is 0 Å². The van der Waals surface area contributed by atoms with Crippen LogP contribution in [0.4, 0.5) is 17.1 Å². The first-order chi connectivity index (χ1) is 27.2. The summed E-state index contributed by atoms with van der Waals surface area (Å²) in [6.07, 6.45) is 0. The third kappa shape index (κ3) is 6.65. The molecule has 0 aliphatic rings. The number of nitrogens with zero attached hydrogens (tertiary/aromatic N) is 1. The first-order valence-electron chi connectivity index (χ1n) is 18.6. The maximum absolute atomic E-state index is 2.34. The van der Waals surface area contributed by atoms with Crippen molar-refractivity contribution in [3.8, 4) is 54.3 Å². The number of benzene rings is 8. The minimum absolute atomic E-state index is 1.11. The summed E-state index contributed by atoms with van der Waals surface area (Å²) < 4.78 is 2.65. The van der Waals surface area contributed by atoms with Gasteiger partial charge >= 0.3 is 0 Å². The van der Waals surface area contributed by atoms with Crippen molar-refractivity contribution in [2.45, 2.75) is 0 Å². The molecule has 10 rings (SSSR count). The Labute approximate surface area is 329 Å². The van der Waals surface area contributed by atoms with Crippen LogP contribution in [0.15, 0.2) is 212 Å². The van der Waals surface area contributed by atoms with Crippen LogP contribution in [0.5, 0.6) is 0 Å². The van der Waals surface area contributed by atoms with Gasteiger partial charge in [0.15, 0.2) is 0 Å². The normalized spacial score (nSPS) is 11.3. The summed E-state index contributed by atoms with van der Waals surface area (Å²) in [7, 11) is 0. The molecule has 0 aliphatic carbocycles. The van der Waals surface area contributed by atoms with Gasteiger partial charge in [-0.3, -0.25) is 0 Å². The summed E-state index contributed by atoms with van der Waals surface area (Å²) in [6.45, 7) is 0. The van der Waals surface area contributed by atoms with E-state index in [0.29, 0.717) is 0 Å². The molecule has 2 heterocycles. The van der Waals surface area contributed by atoms with Gasteiger partial charge < -0.3 is 4.90 Å². The highest BCUT2D eigenvalue weighted by molar-refractivity contribution is 7.22. The molecule has 0 spiro atoms. The Hall–Kier alpha value is -6.52. The molecule has 0 aliphatic heterocycles. The van der Waals surface area contributed by atoms with E-state index < -0.39 is 0 Å². The van der Waals surface area contributed by atoms with Crippen LogP contribution in [-0.2, 0) is 0 Å². The monoisotopic (exact) mass is 737 g/mol. The lowest BCUT2D eigenvalue weighted by Crippen LogP contribution is -2.09. The molecule has 0 atom stereocenters. The van der Waals surface area contributed by atoms with Crippen LogP contribution in [0.2, 0.25) is 0 Å². The molecule has 0 amide bonds. The average molecular weight is 738 g/mol. The highest BCUT2D eigenvalue weighted by Gasteiger charge is 2.14. The van der Waals surface area contributed by atoms with Crippen LogP contribution in [0.25, 0.3) is 74.4 Å². The Morgan fingerprint density at radius 3 is 0.909 bits per heavy atom. The minimum Gasteiger partial charge on any atom is -0.311 e. The highest BCUT2D eigenvalue weighted by atomic mass is 32.1. The maximum Gasteiger partial charge on any atom is 0.0462 e. The van der Waals surface area contributed by atoms with E-state index in [1.807, 2.05) is 22.7 Å². The van der Waals surface area contributed by atoms with Gasteiger partial charge in [0.25, 0.3) is 0 Å². The summed E-state index contributed by atoms with van der Waals surface area (Å²) in [5, 5.41) is 2.60. The predicted molar refractivity (Wildman–Crippen MR) is 239 cm³/mol. The smallest absolute Gasteiger partial charge is 0.0462 e. The Morgan fingerprint density at radius 1 is 0.255 bits per heavy atom. The fourth-order valence-corrected chi connectivity index (χ4v) is 9.53. The summed E-state index contributed by atoms with van der Waals surface area (Å²) in [6, 6.07) is 77.1. The summed E-state index contributed by atoms with van der Waals surface area (Å²) >= 11 is 3.69. The van der Waals surface area contributed by atoms with Crippen LogP contribution in [0, 0.1) is 0 Å². The van der Waals surface area contributed by atoms with Gasteiger partial charge in [0, 0.05) is 36.2 Å². The van der Waals surface area contributed by atoms with Crippen molar-refractivity contribution in [1.82, 2.24) is 0 Å². The molecule has 0 unspecified atom stereocenters. The number of fused-ring (bicyclic) bond motifs is 2. The van der Waals surface area contributed by atoms with Crippen molar-refractivity contribution in [1.29, 1.82) is 0 Å². The third-order valence-electron chi connectivity index (χ3n) is 10.3. The van der Waals surface area contributed by atoms with Gasteiger partial charge in [0.1, 0.15) is 0 Å². The van der Waals surface area contributed by atoms with Crippen molar-refractivity contribution < 1.29 is 0 Å². The lowest BCUT2D eigenvalue weighted by Gasteiger charge is -2.26.